The molecule has 1 amide bonds. The first-order valence-corrected chi connectivity index (χ1v) is 7.33. The number of benzene rings is 1. The van der Waals surface area contributed by atoms with Crippen molar-refractivity contribution >= 4 is 23.4 Å². The molecular weight excluding hydrogens is 347 g/mol. The van der Waals surface area contributed by atoms with Crippen molar-refractivity contribution in [1.82, 2.24) is 0 Å². The van der Waals surface area contributed by atoms with E-state index in [1.807, 2.05) is 12.3 Å². The first kappa shape index (κ1) is 19.5. The van der Waals surface area contributed by atoms with Gasteiger partial charge in [0.1, 0.15) is 5.75 Å². The van der Waals surface area contributed by atoms with Crippen molar-refractivity contribution in [3.05, 3.63) is 51.2 Å². The van der Waals surface area contributed by atoms with Crippen LogP contribution >= 0.6 is 11.3 Å². The van der Waals surface area contributed by atoms with E-state index in [9.17, 15) is 22.8 Å². The van der Waals surface area contributed by atoms with Crippen LogP contribution in [0.15, 0.2) is 29.6 Å². The first-order chi connectivity index (χ1) is 11.0. The Balaban J connectivity index is 0.000000254. The average Bonchev–Trinajstić information content (AvgIpc) is 2.83. The molecule has 0 atom stereocenters. The van der Waals surface area contributed by atoms with Gasteiger partial charge in [0, 0.05) is 4.88 Å². The van der Waals surface area contributed by atoms with E-state index in [4.69, 9.17) is 10.8 Å². The quantitative estimate of drug-likeness (QED) is 0.838. The molecule has 0 unspecified atom stereocenters. The molecule has 3 N–H and O–H groups in total. The summed E-state index contributed by atoms with van der Waals surface area (Å²) in [4.78, 5) is 21.7. The van der Waals surface area contributed by atoms with Gasteiger partial charge in [-0.05, 0) is 43.0 Å². The molecule has 24 heavy (non-hydrogen) atoms. The van der Waals surface area contributed by atoms with Gasteiger partial charge in [-0.1, -0.05) is 6.07 Å². The smallest absolute Gasteiger partial charge is 0.416 e. The number of ether oxygens (including phenoxy) is 1. The second-order valence-corrected chi connectivity index (χ2v) is 5.71. The molecule has 2 rings (SSSR count). The Morgan fingerprint density at radius 1 is 1.21 bits per heavy atom. The van der Waals surface area contributed by atoms with Crippen LogP contribution in [0.1, 0.15) is 26.4 Å². The number of hydrogen-bond acceptors (Lipinski definition) is 4. The van der Waals surface area contributed by atoms with Crippen LogP contribution in [-0.4, -0.2) is 17.2 Å². The van der Waals surface area contributed by atoms with Gasteiger partial charge >= 0.3 is 18.2 Å². The molecule has 2 aromatic rings. The van der Waals surface area contributed by atoms with Gasteiger partial charge in [0.15, 0.2) is 0 Å². The van der Waals surface area contributed by atoms with Crippen molar-refractivity contribution in [3.8, 4) is 5.75 Å². The maximum atomic E-state index is 12.2. The number of amides is 1. The number of carbonyl (C=O) groups excluding carboxylic acids is 1. The van der Waals surface area contributed by atoms with Crippen molar-refractivity contribution in [1.29, 1.82) is 0 Å². The summed E-state index contributed by atoms with van der Waals surface area (Å²) in [7, 11) is 0. The SMILES string of the molecule is Cc1ccc(C(F)(F)F)cc1C(=O)O.Cc1sccc1OC(N)=O. The van der Waals surface area contributed by atoms with Crippen molar-refractivity contribution in [2.75, 3.05) is 0 Å². The molecule has 0 aliphatic rings. The largest absolute Gasteiger partial charge is 0.478 e. The van der Waals surface area contributed by atoms with E-state index in [-0.39, 0.29) is 5.56 Å². The van der Waals surface area contributed by atoms with Crippen LogP contribution in [0.4, 0.5) is 18.0 Å². The van der Waals surface area contributed by atoms with Crippen LogP contribution in [-0.2, 0) is 6.18 Å². The Hall–Kier alpha value is -2.55. The van der Waals surface area contributed by atoms with Gasteiger partial charge < -0.3 is 15.6 Å². The van der Waals surface area contributed by atoms with Gasteiger partial charge in [-0.3, -0.25) is 0 Å². The van der Waals surface area contributed by atoms with E-state index in [1.165, 1.54) is 18.3 Å². The summed E-state index contributed by atoms with van der Waals surface area (Å²) in [5, 5.41) is 10.4. The Kier molecular flexibility index (Phi) is 6.35. The van der Waals surface area contributed by atoms with E-state index < -0.39 is 23.8 Å². The number of carboxylic acids is 1. The number of hydrogen-bond donors (Lipinski definition) is 2. The van der Waals surface area contributed by atoms with Crippen LogP contribution in [0.25, 0.3) is 0 Å². The number of alkyl halides is 3. The molecule has 0 spiro atoms. The molecule has 1 aromatic heterocycles. The summed E-state index contributed by atoms with van der Waals surface area (Å²) in [6.45, 7) is 3.31. The van der Waals surface area contributed by atoms with Crippen molar-refractivity contribution in [2.24, 2.45) is 5.73 Å². The third kappa shape index (κ3) is 5.58. The highest BCUT2D eigenvalue weighted by atomic mass is 32.1. The summed E-state index contributed by atoms with van der Waals surface area (Å²) in [5.41, 5.74) is 3.84. The second-order valence-electron chi connectivity index (χ2n) is 4.59. The van der Waals surface area contributed by atoms with Gasteiger partial charge in [-0.2, -0.15) is 13.2 Å². The topological polar surface area (TPSA) is 89.6 Å². The third-order valence-corrected chi connectivity index (χ3v) is 3.64. The predicted octanol–water partition coefficient (Wildman–Crippen LogP) is 4.23. The van der Waals surface area contributed by atoms with Crippen molar-refractivity contribution < 1.29 is 32.6 Å². The number of halogens is 3. The molecule has 0 aliphatic heterocycles. The van der Waals surface area contributed by atoms with Gasteiger partial charge in [0.05, 0.1) is 11.1 Å². The van der Waals surface area contributed by atoms with Crippen LogP contribution in [0.3, 0.4) is 0 Å². The molecule has 0 radical (unpaired) electrons. The van der Waals surface area contributed by atoms with Crippen LogP contribution in [0.5, 0.6) is 5.75 Å². The number of aromatic carboxylic acids is 1. The molecular formula is C15H14F3NO4S. The predicted molar refractivity (Wildman–Crippen MR) is 82.4 cm³/mol. The number of carbonyl (C=O) groups is 2. The molecule has 1 heterocycles. The lowest BCUT2D eigenvalue weighted by Crippen LogP contribution is -2.16. The summed E-state index contributed by atoms with van der Waals surface area (Å²) < 4.78 is 41.1. The standard InChI is InChI=1S/C9H7F3O2.C6H7NO2S/c1-5-2-3-6(9(10,11)12)4-7(5)8(13)14;1-4-5(2-3-10-4)9-6(7)8/h2-4H,1H3,(H,13,14);2-3H,1H3,(H2,7,8). The maximum absolute atomic E-state index is 12.2. The fourth-order valence-corrected chi connectivity index (χ4v) is 2.24. The second kappa shape index (κ2) is 7.82. The average molecular weight is 361 g/mol. The zero-order valence-corrected chi connectivity index (χ0v) is 13.5. The van der Waals surface area contributed by atoms with Crippen LogP contribution in [0.2, 0.25) is 0 Å². The highest BCUT2D eigenvalue weighted by Crippen LogP contribution is 2.30. The summed E-state index contributed by atoms with van der Waals surface area (Å²) in [5.74, 6) is -0.800. The summed E-state index contributed by atoms with van der Waals surface area (Å²) in [6.07, 6.45) is -5.26. The molecule has 0 fully saturated rings. The fraction of sp³-hybridized carbons (Fsp3) is 0.200. The number of thiophene rings is 1. The van der Waals surface area contributed by atoms with Gasteiger partial charge in [0.25, 0.3) is 0 Å². The zero-order valence-electron chi connectivity index (χ0n) is 12.7. The molecule has 0 saturated carbocycles. The molecule has 5 nitrogen and oxygen atoms in total. The Morgan fingerprint density at radius 2 is 1.83 bits per heavy atom. The van der Waals surface area contributed by atoms with Crippen LogP contribution in [0, 0.1) is 13.8 Å². The molecule has 0 saturated heterocycles. The number of aryl methyl sites for hydroxylation is 2. The van der Waals surface area contributed by atoms with Gasteiger partial charge in [-0.15, -0.1) is 11.3 Å². The van der Waals surface area contributed by atoms with Crippen molar-refractivity contribution in [2.45, 2.75) is 20.0 Å². The van der Waals surface area contributed by atoms with Crippen molar-refractivity contribution in [3.63, 3.8) is 0 Å². The number of nitrogens with two attached hydrogens (primary N) is 1. The Bertz CT molecular complexity index is 741. The monoisotopic (exact) mass is 361 g/mol. The Labute approximate surface area is 139 Å². The van der Waals surface area contributed by atoms with E-state index >= 15 is 0 Å². The third-order valence-electron chi connectivity index (χ3n) is 2.82. The molecule has 9 heteroatoms. The van der Waals surface area contributed by atoms with E-state index in [2.05, 4.69) is 4.74 Å². The van der Waals surface area contributed by atoms with E-state index in [0.717, 1.165) is 17.0 Å². The Morgan fingerprint density at radius 3 is 2.25 bits per heavy atom. The number of primary amides is 1. The highest BCUT2D eigenvalue weighted by molar-refractivity contribution is 7.10. The number of rotatable bonds is 2. The van der Waals surface area contributed by atoms with Gasteiger partial charge in [0.2, 0.25) is 0 Å². The lowest BCUT2D eigenvalue weighted by Gasteiger charge is -2.08. The first-order valence-electron chi connectivity index (χ1n) is 6.45. The minimum Gasteiger partial charge on any atom is -0.478 e. The summed E-state index contributed by atoms with van der Waals surface area (Å²) >= 11 is 1.51. The fourth-order valence-electron chi connectivity index (χ4n) is 1.62. The van der Waals surface area contributed by atoms with E-state index in [1.54, 1.807) is 6.07 Å². The lowest BCUT2D eigenvalue weighted by atomic mass is 10.1. The minimum absolute atomic E-state index is 0.311. The number of carboxylic acid groups (broad SMARTS) is 1. The normalized spacial score (nSPS) is 10.5. The van der Waals surface area contributed by atoms with Crippen LogP contribution < -0.4 is 10.5 Å². The summed E-state index contributed by atoms with van der Waals surface area (Å²) in [6, 6.07) is 4.36. The van der Waals surface area contributed by atoms with E-state index in [0.29, 0.717) is 17.4 Å². The molecule has 0 bridgehead atoms. The lowest BCUT2D eigenvalue weighted by molar-refractivity contribution is -0.137. The molecule has 0 aliphatic carbocycles. The highest BCUT2D eigenvalue weighted by Gasteiger charge is 2.31. The minimum atomic E-state index is -4.50. The van der Waals surface area contributed by atoms with Gasteiger partial charge in [-0.25, -0.2) is 9.59 Å². The zero-order chi connectivity index (χ0) is 18.5. The maximum Gasteiger partial charge on any atom is 0.416 e. The molecule has 130 valence electrons. The molecule has 1 aromatic carbocycles.